The van der Waals surface area contributed by atoms with Crippen LogP contribution in [0.25, 0.3) is 0 Å². The van der Waals surface area contributed by atoms with E-state index in [4.69, 9.17) is 15.7 Å². The Kier molecular flexibility index (Phi) is 1.68. The fourth-order valence-corrected chi connectivity index (χ4v) is 0.570. The predicted octanol–water partition coefficient (Wildman–Crippen LogP) is -0.908. The first kappa shape index (κ1) is 6.76. The first-order chi connectivity index (χ1) is 4.75. The van der Waals surface area contributed by atoms with E-state index < -0.39 is 0 Å². The van der Waals surface area contributed by atoms with Crippen LogP contribution in [0.1, 0.15) is 5.69 Å². The van der Waals surface area contributed by atoms with Crippen molar-refractivity contribution in [2.45, 2.75) is 6.61 Å². The Bertz CT molecular complexity index is 280. The van der Waals surface area contributed by atoms with Crippen molar-refractivity contribution in [3.8, 4) is 0 Å². The molecule has 5 nitrogen and oxygen atoms in total. The van der Waals surface area contributed by atoms with E-state index in [9.17, 15) is 0 Å². The monoisotopic (exact) mass is 141 g/mol. The summed E-state index contributed by atoms with van der Waals surface area (Å²) in [6.45, 7) is -0.333. The summed E-state index contributed by atoms with van der Waals surface area (Å²) in [5.74, 6) is 0. The quantitative estimate of drug-likeness (QED) is 0.443. The molecular formula is C5H7N3O2. The van der Waals surface area contributed by atoms with Crippen LogP contribution in [-0.2, 0) is 6.61 Å². The minimum Gasteiger partial charge on any atom is -0.427 e. The molecule has 0 fully saturated rings. The molecule has 0 aromatic carbocycles. The van der Waals surface area contributed by atoms with E-state index in [1.165, 1.54) is 12.4 Å². The van der Waals surface area contributed by atoms with E-state index >= 15 is 0 Å². The zero-order valence-corrected chi connectivity index (χ0v) is 5.15. The van der Waals surface area contributed by atoms with Gasteiger partial charge in [0, 0.05) is 6.20 Å². The standard InChI is InChI=1S/C5H7N3O2/c6-5-4(3-9)7-1-2-8(5)10/h1-2,6,9-10H,3H2. The van der Waals surface area contributed by atoms with Gasteiger partial charge in [-0.05, 0) is 0 Å². The van der Waals surface area contributed by atoms with Gasteiger partial charge < -0.3 is 10.3 Å². The Balaban J connectivity index is 3.28. The zero-order valence-electron chi connectivity index (χ0n) is 5.15. The molecule has 0 atom stereocenters. The molecule has 3 N–H and O–H groups in total. The molecule has 1 aromatic rings. The highest BCUT2D eigenvalue weighted by Gasteiger charge is 1.95. The first-order valence-electron chi connectivity index (χ1n) is 2.67. The first-order valence-corrected chi connectivity index (χ1v) is 2.67. The molecule has 0 saturated heterocycles. The summed E-state index contributed by atoms with van der Waals surface area (Å²) in [4.78, 5) is 3.64. The second-order valence-corrected chi connectivity index (χ2v) is 1.73. The van der Waals surface area contributed by atoms with Crippen LogP contribution in [0.3, 0.4) is 0 Å². The Morgan fingerprint density at radius 1 is 1.70 bits per heavy atom. The van der Waals surface area contributed by atoms with Gasteiger partial charge in [-0.25, -0.2) is 0 Å². The van der Waals surface area contributed by atoms with Crippen LogP contribution in [0, 0.1) is 5.41 Å². The van der Waals surface area contributed by atoms with Crippen LogP contribution in [0.15, 0.2) is 12.4 Å². The van der Waals surface area contributed by atoms with Crippen molar-refractivity contribution in [2.75, 3.05) is 0 Å². The molecule has 0 bridgehead atoms. The fourth-order valence-electron chi connectivity index (χ4n) is 0.570. The number of aromatic nitrogens is 2. The lowest BCUT2D eigenvalue weighted by molar-refractivity contribution is 0.163. The Hall–Kier alpha value is -1.36. The molecule has 0 aliphatic carbocycles. The molecule has 0 aliphatic rings. The summed E-state index contributed by atoms with van der Waals surface area (Å²) in [6.07, 6.45) is 2.53. The summed E-state index contributed by atoms with van der Waals surface area (Å²) in [5.41, 5.74) is -0.0324. The van der Waals surface area contributed by atoms with Crippen LogP contribution in [0.5, 0.6) is 0 Å². The SMILES string of the molecule is N=c1c(CO)nccn1O. The molecular weight excluding hydrogens is 134 g/mol. The summed E-state index contributed by atoms with van der Waals surface area (Å²) < 4.78 is 0.596. The number of aliphatic hydroxyl groups is 1. The number of hydrogen-bond donors (Lipinski definition) is 3. The van der Waals surface area contributed by atoms with Crippen molar-refractivity contribution < 1.29 is 10.3 Å². The minimum atomic E-state index is -0.333. The molecule has 1 rings (SSSR count). The van der Waals surface area contributed by atoms with Crippen LogP contribution in [-0.4, -0.2) is 20.0 Å². The van der Waals surface area contributed by atoms with Crippen molar-refractivity contribution in [1.82, 2.24) is 9.71 Å². The maximum atomic E-state index is 8.81. The second kappa shape index (κ2) is 2.49. The van der Waals surface area contributed by atoms with Crippen LogP contribution >= 0.6 is 0 Å². The molecule has 1 aromatic heterocycles. The smallest absolute Gasteiger partial charge is 0.184 e. The number of nitrogens with one attached hydrogen (secondary N) is 1. The average Bonchev–Trinajstić information content (AvgIpc) is 1.95. The topological polar surface area (TPSA) is 82.1 Å². The van der Waals surface area contributed by atoms with Gasteiger partial charge in [0.1, 0.15) is 5.69 Å². The van der Waals surface area contributed by atoms with Gasteiger partial charge >= 0.3 is 0 Å². The Morgan fingerprint density at radius 2 is 2.40 bits per heavy atom. The van der Waals surface area contributed by atoms with Crippen LogP contribution < -0.4 is 5.49 Å². The number of aliphatic hydroxyl groups excluding tert-OH is 1. The average molecular weight is 141 g/mol. The van der Waals surface area contributed by atoms with E-state index in [2.05, 4.69) is 4.98 Å². The molecule has 0 amide bonds. The van der Waals surface area contributed by atoms with Gasteiger partial charge in [0.15, 0.2) is 5.49 Å². The van der Waals surface area contributed by atoms with Crippen molar-refractivity contribution in [2.24, 2.45) is 0 Å². The molecule has 10 heavy (non-hydrogen) atoms. The molecule has 0 saturated carbocycles. The normalized spacial score (nSPS) is 9.70. The lowest BCUT2D eigenvalue weighted by atomic mass is 10.5. The summed E-state index contributed by atoms with van der Waals surface area (Å²) >= 11 is 0. The highest BCUT2D eigenvalue weighted by atomic mass is 16.5. The van der Waals surface area contributed by atoms with Gasteiger partial charge in [-0.1, -0.05) is 0 Å². The molecule has 0 spiro atoms. The molecule has 1 heterocycles. The van der Waals surface area contributed by atoms with E-state index in [1.54, 1.807) is 0 Å². The zero-order chi connectivity index (χ0) is 7.56. The number of hydrogen-bond acceptors (Lipinski definition) is 4. The van der Waals surface area contributed by atoms with Gasteiger partial charge in [-0.2, -0.15) is 4.73 Å². The van der Waals surface area contributed by atoms with Crippen LogP contribution in [0.2, 0.25) is 0 Å². The number of rotatable bonds is 1. The Morgan fingerprint density at radius 3 is 2.90 bits per heavy atom. The molecule has 0 aliphatic heterocycles. The second-order valence-electron chi connectivity index (χ2n) is 1.73. The van der Waals surface area contributed by atoms with Crippen molar-refractivity contribution >= 4 is 0 Å². The maximum absolute atomic E-state index is 8.81. The lowest BCUT2D eigenvalue weighted by Gasteiger charge is -1.97. The van der Waals surface area contributed by atoms with Crippen molar-refractivity contribution in [3.05, 3.63) is 23.6 Å². The van der Waals surface area contributed by atoms with E-state index in [1.807, 2.05) is 0 Å². The number of nitrogens with zero attached hydrogens (tertiary/aromatic N) is 2. The van der Waals surface area contributed by atoms with Gasteiger partial charge in [0.25, 0.3) is 0 Å². The van der Waals surface area contributed by atoms with Gasteiger partial charge in [0.2, 0.25) is 0 Å². The highest BCUT2D eigenvalue weighted by molar-refractivity contribution is 4.91. The third-order valence-electron chi connectivity index (χ3n) is 1.09. The molecule has 0 unspecified atom stereocenters. The third-order valence-corrected chi connectivity index (χ3v) is 1.09. The van der Waals surface area contributed by atoms with E-state index in [-0.39, 0.29) is 17.8 Å². The summed E-state index contributed by atoms with van der Waals surface area (Å²) in [7, 11) is 0. The minimum absolute atomic E-state index is 0.157. The van der Waals surface area contributed by atoms with E-state index in [0.717, 1.165) is 0 Å². The fraction of sp³-hybridized carbons (Fsp3) is 0.200. The highest BCUT2D eigenvalue weighted by Crippen LogP contribution is 1.81. The largest absolute Gasteiger partial charge is 0.427 e. The van der Waals surface area contributed by atoms with Gasteiger partial charge in [-0.3, -0.25) is 10.4 Å². The van der Waals surface area contributed by atoms with Crippen molar-refractivity contribution in [1.29, 1.82) is 5.41 Å². The molecule has 0 radical (unpaired) electrons. The van der Waals surface area contributed by atoms with Crippen molar-refractivity contribution in [3.63, 3.8) is 0 Å². The van der Waals surface area contributed by atoms with Crippen LogP contribution in [0.4, 0.5) is 0 Å². The Labute approximate surface area is 56.7 Å². The lowest BCUT2D eigenvalue weighted by Crippen LogP contribution is -2.22. The maximum Gasteiger partial charge on any atom is 0.184 e. The third kappa shape index (κ3) is 0.985. The van der Waals surface area contributed by atoms with Gasteiger partial charge in [-0.15, -0.1) is 0 Å². The summed E-state index contributed by atoms with van der Waals surface area (Å²) in [5, 5.41) is 24.4. The van der Waals surface area contributed by atoms with Gasteiger partial charge in [0.05, 0.1) is 12.8 Å². The van der Waals surface area contributed by atoms with E-state index in [0.29, 0.717) is 4.73 Å². The molecule has 5 heteroatoms. The predicted molar refractivity (Wildman–Crippen MR) is 31.2 cm³/mol. The summed E-state index contributed by atoms with van der Waals surface area (Å²) in [6, 6.07) is 0. The molecule has 54 valence electrons.